The summed E-state index contributed by atoms with van der Waals surface area (Å²) in [4.78, 5) is 18.2. The number of hydrogen-bond acceptors (Lipinski definition) is 6. The fraction of sp³-hybridized carbons (Fsp3) is 0.346. The van der Waals surface area contributed by atoms with Gasteiger partial charge in [-0.3, -0.25) is 14.8 Å². The van der Waals surface area contributed by atoms with Crippen LogP contribution in [0.15, 0.2) is 76.1 Å². The number of nitrogens with zero attached hydrogens (tertiary/aromatic N) is 5. The van der Waals surface area contributed by atoms with E-state index < -0.39 is 0 Å². The van der Waals surface area contributed by atoms with Gasteiger partial charge in [0.05, 0.1) is 5.56 Å². The molecule has 0 unspecified atom stereocenters. The van der Waals surface area contributed by atoms with Crippen molar-refractivity contribution in [2.75, 3.05) is 30.8 Å². The molecule has 7 nitrogen and oxygen atoms in total. The van der Waals surface area contributed by atoms with E-state index in [-0.39, 0.29) is 0 Å². The zero-order valence-electron chi connectivity index (χ0n) is 19.3. The summed E-state index contributed by atoms with van der Waals surface area (Å²) < 4.78 is 0. The van der Waals surface area contributed by atoms with Crippen molar-refractivity contribution >= 4 is 23.2 Å². The Morgan fingerprint density at radius 1 is 1.18 bits per heavy atom. The first-order valence-corrected chi connectivity index (χ1v) is 11.7. The van der Waals surface area contributed by atoms with Gasteiger partial charge in [0.2, 0.25) is 0 Å². The van der Waals surface area contributed by atoms with Crippen LogP contribution in [0.4, 0.5) is 11.5 Å². The summed E-state index contributed by atoms with van der Waals surface area (Å²) in [7, 11) is 1.80. The lowest BCUT2D eigenvalue weighted by Crippen LogP contribution is -2.40. The molecule has 1 saturated heterocycles. The topological polar surface area (TPSA) is 82.1 Å². The number of hydrogen-bond donors (Lipinski definition) is 2. The van der Waals surface area contributed by atoms with Gasteiger partial charge in [-0.05, 0) is 49.6 Å². The Balaban J connectivity index is 1.32. The average Bonchev–Trinajstić information content (AvgIpc) is 3.58. The van der Waals surface area contributed by atoms with Crippen LogP contribution in [-0.2, 0) is 6.54 Å². The molecule has 0 radical (unpaired) electrons. The minimum atomic E-state index is 0.460. The molecule has 1 fully saturated rings. The molecule has 7 heteroatoms. The lowest BCUT2D eigenvalue weighted by Gasteiger charge is -2.32. The van der Waals surface area contributed by atoms with E-state index in [4.69, 9.17) is 10.7 Å². The van der Waals surface area contributed by atoms with Crippen LogP contribution in [0.25, 0.3) is 0 Å². The Hall–Kier alpha value is -3.45. The van der Waals surface area contributed by atoms with Crippen molar-refractivity contribution in [1.82, 2.24) is 15.2 Å². The summed E-state index contributed by atoms with van der Waals surface area (Å²) in [5.74, 6) is 2.02. The number of aliphatic imine (C=N–C) groups is 2. The van der Waals surface area contributed by atoms with Crippen LogP contribution in [0.2, 0.25) is 0 Å². The number of likely N-dealkylation sites (tertiary alicyclic amines) is 1. The maximum Gasteiger partial charge on any atom is 0.159 e. The highest BCUT2D eigenvalue weighted by Crippen LogP contribution is 2.29. The summed E-state index contributed by atoms with van der Waals surface area (Å²) in [6, 6.07) is 13.2. The summed E-state index contributed by atoms with van der Waals surface area (Å²) in [6.07, 6.45) is 9.50. The van der Waals surface area contributed by atoms with Crippen molar-refractivity contribution in [3.63, 3.8) is 0 Å². The molecule has 2 aromatic rings. The molecule has 0 atom stereocenters. The Bertz CT molecular complexity index is 1140. The van der Waals surface area contributed by atoms with E-state index in [0.29, 0.717) is 11.9 Å². The van der Waals surface area contributed by atoms with Gasteiger partial charge >= 0.3 is 0 Å². The minimum absolute atomic E-state index is 0.460. The number of rotatable bonds is 6. The van der Waals surface area contributed by atoms with E-state index in [2.05, 4.69) is 55.4 Å². The molecule has 0 bridgehead atoms. The zero-order chi connectivity index (χ0) is 22.8. The van der Waals surface area contributed by atoms with Crippen molar-refractivity contribution in [3.8, 4) is 0 Å². The summed E-state index contributed by atoms with van der Waals surface area (Å²) >= 11 is 0. The van der Waals surface area contributed by atoms with E-state index in [1.165, 1.54) is 24.1 Å². The van der Waals surface area contributed by atoms with Crippen molar-refractivity contribution in [2.45, 2.75) is 38.8 Å². The van der Waals surface area contributed by atoms with E-state index in [1.54, 1.807) is 13.2 Å². The monoisotopic (exact) mass is 441 g/mol. The van der Waals surface area contributed by atoms with Gasteiger partial charge in [0, 0.05) is 56.7 Å². The lowest BCUT2D eigenvalue weighted by molar-refractivity contribution is 0.196. The van der Waals surface area contributed by atoms with Crippen LogP contribution in [0.5, 0.6) is 0 Å². The van der Waals surface area contributed by atoms with E-state index in [9.17, 15) is 0 Å². The van der Waals surface area contributed by atoms with Crippen molar-refractivity contribution in [1.29, 1.82) is 0 Å². The third-order valence-electron chi connectivity index (χ3n) is 6.43. The smallest absolute Gasteiger partial charge is 0.159 e. The molecule has 2 aliphatic heterocycles. The van der Waals surface area contributed by atoms with Crippen LogP contribution in [0.1, 0.15) is 37.3 Å². The average molecular weight is 442 g/mol. The maximum atomic E-state index is 6.19. The van der Waals surface area contributed by atoms with Crippen LogP contribution < -0.4 is 16.0 Å². The van der Waals surface area contributed by atoms with Gasteiger partial charge in [-0.25, -0.2) is 9.98 Å². The van der Waals surface area contributed by atoms with Gasteiger partial charge in [-0.15, -0.1) is 0 Å². The number of amidine groups is 2. The molecule has 1 aromatic carbocycles. The molecule has 170 valence electrons. The fourth-order valence-corrected chi connectivity index (χ4v) is 4.54. The van der Waals surface area contributed by atoms with Gasteiger partial charge in [-0.1, -0.05) is 24.3 Å². The Kier molecular flexibility index (Phi) is 5.96. The van der Waals surface area contributed by atoms with Gasteiger partial charge in [0.25, 0.3) is 0 Å². The number of nitrogens with two attached hydrogens (primary N) is 1. The zero-order valence-corrected chi connectivity index (χ0v) is 19.3. The van der Waals surface area contributed by atoms with Crippen molar-refractivity contribution in [2.24, 2.45) is 9.98 Å². The number of allylic oxidation sites excluding steroid dienone is 3. The quantitative estimate of drug-likeness (QED) is 0.714. The number of piperidine rings is 1. The van der Waals surface area contributed by atoms with Crippen LogP contribution in [0.3, 0.4) is 0 Å². The maximum absolute atomic E-state index is 6.19. The second-order valence-corrected chi connectivity index (χ2v) is 8.72. The standard InChI is InChI=1S/C26H31N7/c1-3-23-26(28-2)33(25(31-23)22-5-4-14-29-24(22)27)21-10-6-18(7-11-21)17-32-15-12-20(13-16-32)30-19-8-9-19/h3-8,10-11,14,20,30H,9,12-13,15-17H2,1-2H3,(H2,27,29)/b23-3+,28-26?. The highest BCUT2D eigenvalue weighted by molar-refractivity contribution is 6.34. The molecule has 3 aliphatic rings. The van der Waals surface area contributed by atoms with Gasteiger partial charge in [0.15, 0.2) is 11.7 Å². The molecule has 0 spiro atoms. The molecule has 1 aromatic heterocycles. The predicted octanol–water partition coefficient (Wildman–Crippen LogP) is 3.70. The second kappa shape index (κ2) is 9.19. The summed E-state index contributed by atoms with van der Waals surface area (Å²) in [6.45, 7) is 5.21. The van der Waals surface area contributed by atoms with Gasteiger partial charge < -0.3 is 11.1 Å². The third kappa shape index (κ3) is 4.54. The first-order chi connectivity index (χ1) is 16.2. The highest BCUT2D eigenvalue weighted by atomic mass is 15.3. The Morgan fingerprint density at radius 2 is 1.94 bits per heavy atom. The summed E-state index contributed by atoms with van der Waals surface area (Å²) in [5.41, 5.74) is 11.6. The lowest BCUT2D eigenvalue weighted by atomic mass is 10.0. The molecule has 1 aliphatic carbocycles. The van der Waals surface area contributed by atoms with Gasteiger partial charge in [-0.2, -0.15) is 0 Å². The molecule has 0 amide bonds. The number of pyridine rings is 1. The largest absolute Gasteiger partial charge is 0.386 e. The predicted molar refractivity (Wildman–Crippen MR) is 135 cm³/mol. The van der Waals surface area contributed by atoms with Crippen molar-refractivity contribution in [3.05, 3.63) is 77.3 Å². The first-order valence-electron chi connectivity index (χ1n) is 11.7. The normalized spacial score (nSPS) is 21.5. The minimum Gasteiger partial charge on any atom is -0.386 e. The molecule has 5 rings (SSSR count). The molecular weight excluding hydrogens is 410 g/mol. The molecule has 0 saturated carbocycles. The first kappa shape index (κ1) is 21.4. The number of benzene rings is 1. The molecule has 33 heavy (non-hydrogen) atoms. The number of nitrogens with one attached hydrogen (secondary N) is 1. The van der Waals surface area contributed by atoms with Crippen LogP contribution in [-0.4, -0.2) is 47.7 Å². The summed E-state index contributed by atoms with van der Waals surface area (Å²) in [5, 5.41) is 3.64. The molecule has 3 heterocycles. The van der Waals surface area contributed by atoms with Gasteiger partial charge in [0.1, 0.15) is 11.5 Å². The SMILES string of the molecule is C/C=C1/N=C(c2cccnc2N)N(c2ccc(CN3CCC(NC4=CC4)CC3)cc2)C1=NC. The highest BCUT2D eigenvalue weighted by Gasteiger charge is 2.31. The Morgan fingerprint density at radius 3 is 2.58 bits per heavy atom. The number of aromatic nitrogens is 1. The van der Waals surface area contributed by atoms with Crippen LogP contribution in [0, 0.1) is 0 Å². The number of nitrogen functional groups attached to an aromatic ring is 1. The van der Waals surface area contributed by atoms with E-state index in [1.807, 2.05) is 25.1 Å². The molecule has 3 N–H and O–H groups in total. The van der Waals surface area contributed by atoms with Crippen molar-refractivity contribution < 1.29 is 0 Å². The second-order valence-electron chi connectivity index (χ2n) is 8.72. The fourth-order valence-electron chi connectivity index (χ4n) is 4.54. The molecular formula is C26H31N7. The van der Waals surface area contributed by atoms with E-state index >= 15 is 0 Å². The Labute approximate surface area is 195 Å². The van der Waals surface area contributed by atoms with E-state index in [0.717, 1.165) is 54.7 Å². The number of anilines is 2. The third-order valence-corrected chi connectivity index (χ3v) is 6.43. The van der Waals surface area contributed by atoms with Crippen LogP contribution >= 0.6 is 0 Å².